The molecule has 1 unspecified atom stereocenters. The Balaban J connectivity index is 1.34. The van der Waals surface area contributed by atoms with Crippen LogP contribution < -0.4 is 31.9 Å². The molecule has 3 saturated carbocycles. The molecule has 14 nitrogen and oxygen atoms in total. The van der Waals surface area contributed by atoms with Gasteiger partial charge in [-0.05, 0) is 68.1 Å². The van der Waals surface area contributed by atoms with E-state index in [2.05, 4.69) is 31.9 Å². The fourth-order valence-corrected chi connectivity index (χ4v) is 8.10. The second-order valence-corrected chi connectivity index (χ2v) is 15.9. The van der Waals surface area contributed by atoms with Crippen LogP contribution in [-0.4, -0.2) is 95.6 Å². The quantitative estimate of drug-likeness (QED) is 0.156. The number of nitrogens with zero attached hydrogens (tertiary/aromatic N) is 1. The second kappa shape index (κ2) is 15.5. The van der Waals surface area contributed by atoms with Gasteiger partial charge in [-0.1, -0.05) is 59.8 Å². The minimum absolute atomic E-state index is 0.00720. The largest absolute Gasteiger partial charge is 0.347 e. The minimum Gasteiger partial charge on any atom is -0.347 e. The number of rotatable bonds is 13. The molecule has 5 fully saturated rings. The van der Waals surface area contributed by atoms with Crippen LogP contribution in [0.3, 0.4) is 0 Å². The van der Waals surface area contributed by atoms with E-state index in [9.17, 15) is 33.6 Å². The maximum Gasteiger partial charge on any atom is 0.315 e. The lowest BCUT2D eigenvalue weighted by Gasteiger charge is -2.38. The number of amides is 7. The van der Waals surface area contributed by atoms with Crippen molar-refractivity contribution < 1.29 is 33.6 Å². The van der Waals surface area contributed by atoms with E-state index in [0.29, 0.717) is 19.4 Å². The number of likely N-dealkylation sites (tertiary alicyclic amines) is 1. The Morgan fingerprint density at radius 2 is 1.59 bits per heavy atom. The zero-order valence-electron chi connectivity index (χ0n) is 29.4. The molecule has 0 radical (unpaired) electrons. The fraction of sp³-hybridized carbons (Fsp3) is 0.800. The second-order valence-electron chi connectivity index (χ2n) is 15.9. The van der Waals surface area contributed by atoms with Gasteiger partial charge in [-0.2, -0.15) is 0 Å². The summed E-state index contributed by atoms with van der Waals surface area (Å²) >= 11 is 0. The first-order valence-corrected chi connectivity index (χ1v) is 18.4. The van der Waals surface area contributed by atoms with Gasteiger partial charge in [0.25, 0.3) is 5.91 Å². The summed E-state index contributed by atoms with van der Waals surface area (Å²) in [4.78, 5) is 95.0. The number of Topliss-reactive ketones (excluding diaryl/α,β-unsaturated/α-hetero) is 1. The van der Waals surface area contributed by atoms with E-state index in [0.717, 1.165) is 64.2 Å². The number of urea groups is 1. The highest BCUT2D eigenvalue weighted by atomic mass is 16.2. The van der Waals surface area contributed by atoms with Gasteiger partial charge in [-0.3, -0.25) is 28.8 Å². The molecule has 7 atom stereocenters. The van der Waals surface area contributed by atoms with Crippen molar-refractivity contribution in [1.29, 1.82) is 0 Å². The van der Waals surface area contributed by atoms with Crippen LogP contribution in [0.25, 0.3) is 0 Å². The van der Waals surface area contributed by atoms with Crippen LogP contribution in [0.2, 0.25) is 0 Å². The first kappa shape index (κ1) is 36.6. The third-order valence-corrected chi connectivity index (χ3v) is 11.0. The summed E-state index contributed by atoms with van der Waals surface area (Å²) in [6.45, 7) is 7.90. The van der Waals surface area contributed by atoms with E-state index in [4.69, 9.17) is 0 Å². The zero-order valence-corrected chi connectivity index (χ0v) is 29.4. The summed E-state index contributed by atoms with van der Waals surface area (Å²) in [6.07, 6.45) is 9.48. The monoisotopic (exact) mass is 685 g/mol. The summed E-state index contributed by atoms with van der Waals surface area (Å²) < 4.78 is 0. The lowest BCUT2D eigenvalue weighted by molar-refractivity contribution is -0.146. The molecule has 2 saturated heterocycles. The van der Waals surface area contributed by atoms with Gasteiger partial charge < -0.3 is 36.8 Å². The smallest absolute Gasteiger partial charge is 0.315 e. The highest BCUT2D eigenvalue weighted by Gasteiger charge is 2.52. The van der Waals surface area contributed by atoms with E-state index in [1.807, 2.05) is 27.7 Å². The Morgan fingerprint density at radius 3 is 2.20 bits per heavy atom. The van der Waals surface area contributed by atoms with Gasteiger partial charge in [-0.25, -0.2) is 4.79 Å². The van der Waals surface area contributed by atoms with Crippen LogP contribution in [0.5, 0.6) is 0 Å². The van der Waals surface area contributed by atoms with E-state index >= 15 is 0 Å². The molecule has 49 heavy (non-hydrogen) atoms. The van der Waals surface area contributed by atoms with Gasteiger partial charge in [0.15, 0.2) is 0 Å². The van der Waals surface area contributed by atoms with Gasteiger partial charge in [-0.15, -0.1) is 0 Å². The molecule has 0 spiro atoms. The predicted octanol–water partition coefficient (Wildman–Crippen LogP) is 1.02. The third-order valence-electron chi connectivity index (χ3n) is 11.0. The van der Waals surface area contributed by atoms with Crippen molar-refractivity contribution in [1.82, 2.24) is 36.8 Å². The van der Waals surface area contributed by atoms with E-state index < -0.39 is 71.1 Å². The first-order valence-electron chi connectivity index (χ1n) is 18.4. The molecule has 7 amide bonds. The molecule has 0 bridgehead atoms. The average molecular weight is 686 g/mol. The van der Waals surface area contributed by atoms with Crippen LogP contribution >= 0.6 is 0 Å². The highest BCUT2D eigenvalue weighted by Crippen LogP contribution is 2.43. The maximum atomic E-state index is 14.6. The van der Waals surface area contributed by atoms with Gasteiger partial charge in [0.2, 0.25) is 29.4 Å². The summed E-state index contributed by atoms with van der Waals surface area (Å²) in [5, 5.41) is 16.6. The van der Waals surface area contributed by atoms with Gasteiger partial charge in [0.1, 0.15) is 24.2 Å². The molecule has 6 N–H and O–H groups in total. The topological polar surface area (TPSA) is 195 Å². The van der Waals surface area contributed by atoms with Crippen LogP contribution in [0, 0.1) is 23.2 Å². The number of carbonyl (C=O) groups is 7. The van der Waals surface area contributed by atoms with Gasteiger partial charge in [0, 0.05) is 19.1 Å². The van der Waals surface area contributed by atoms with E-state index in [1.165, 1.54) is 0 Å². The fourth-order valence-electron chi connectivity index (χ4n) is 8.10. The van der Waals surface area contributed by atoms with Crippen molar-refractivity contribution in [3.05, 3.63) is 0 Å². The normalized spacial score (nSPS) is 27.2. The number of nitrogens with one attached hydrogen (secondary N) is 6. The summed E-state index contributed by atoms with van der Waals surface area (Å²) in [5.41, 5.74) is -0.752. The average Bonchev–Trinajstić information content (AvgIpc) is 3.40. The molecule has 14 heteroatoms. The van der Waals surface area contributed by atoms with Crippen LogP contribution in [-0.2, 0) is 28.8 Å². The minimum atomic E-state index is -1.01. The first-order chi connectivity index (χ1) is 23.3. The van der Waals surface area contributed by atoms with Crippen LogP contribution in [0.15, 0.2) is 0 Å². The number of hydrogen-bond acceptors (Lipinski definition) is 7. The number of fused-ring (bicyclic) bond motifs is 1. The van der Waals surface area contributed by atoms with Crippen molar-refractivity contribution in [3.63, 3.8) is 0 Å². The van der Waals surface area contributed by atoms with Crippen LogP contribution in [0.4, 0.5) is 4.79 Å². The molecule has 5 rings (SSSR count). The van der Waals surface area contributed by atoms with Crippen molar-refractivity contribution >= 4 is 41.4 Å². The number of hydrogen-bond donors (Lipinski definition) is 6. The Labute approximate surface area is 288 Å². The SMILES string of the molecule is CCC[C@H](NC(=O)[C@@H]1[C@H]2CCC[C@H]2CN1C(=O)[C@@H](NC(=O)[C@@H](NC(=O)C1CNC(=O)N1)C1CCCCC1)C(C)(C)C)C(=O)C(=O)NC1CC1. The molecular weight excluding hydrogens is 630 g/mol. The van der Waals surface area contributed by atoms with Gasteiger partial charge in [0.05, 0.1) is 6.04 Å². The lowest BCUT2D eigenvalue weighted by Crippen LogP contribution is -2.63. The number of carbonyl (C=O) groups excluding carboxylic acids is 7. The van der Waals surface area contributed by atoms with Crippen molar-refractivity contribution in [2.45, 2.75) is 141 Å². The van der Waals surface area contributed by atoms with Crippen LogP contribution in [0.1, 0.15) is 105 Å². The molecule has 0 aromatic carbocycles. The highest BCUT2D eigenvalue weighted by molar-refractivity contribution is 6.38. The lowest BCUT2D eigenvalue weighted by atomic mass is 9.82. The Bertz CT molecular complexity index is 1310. The molecule has 272 valence electrons. The molecule has 5 aliphatic rings. The molecule has 3 aliphatic carbocycles. The zero-order chi connectivity index (χ0) is 35.5. The predicted molar refractivity (Wildman–Crippen MR) is 180 cm³/mol. The van der Waals surface area contributed by atoms with Crippen molar-refractivity contribution in [3.8, 4) is 0 Å². The van der Waals surface area contributed by atoms with E-state index in [1.54, 1.807) is 4.90 Å². The third kappa shape index (κ3) is 8.72. The Hall–Kier alpha value is -3.71. The standard InChI is InChI=1S/C35H55N7O7/c1-5-10-23(27(43)32(47)37-21-15-16-21)38-31(46)26-22-14-9-13-20(22)18-42(26)33(48)28(35(2,3)4)41-30(45)25(19-11-7-6-8-12-19)40-29(44)24-17-36-34(49)39-24/h19-26,28H,5-18H2,1-4H3,(H,37,47)(H,38,46)(H,40,44)(H,41,45)(H2,36,39,49)/t20-,22-,23-,24?,25-,26-,28+/m0/s1. The molecule has 0 aromatic rings. The summed E-state index contributed by atoms with van der Waals surface area (Å²) in [7, 11) is 0. The molecule has 2 aliphatic heterocycles. The Morgan fingerprint density at radius 1 is 0.878 bits per heavy atom. The van der Waals surface area contributed by atoms with E-state index in [-0.39, 0.29) is 36.2 Å². The Kier molecular flexibility index (Phi) is 11.5. The van der Waals surface area contributed by atoms with Crippen molar-refractivity contribution in [2.75, 3.05) is 13.1 Å². The number of ketones is 1. The molecular formula is C35H55N7O7. The summed E-state index contributed by atoms with van der Waals surface area (Å²) in [5.74, 6) is -3.26. The maximum absolute atomic E-state index is 14.6. The molecule has 0 aromatic heterocycles. The molecule has 2 heterocycles. The van der Waals surface area contributed by atoms with Gasteiger partial charge >= 0.3 is 6.03 Å². The summed E-state index contributed by atoms with van der Waals surface area (Å²) in [6, 6.07) is -4.99. The van der Waals surface area contributed by atoms with Crippen molar-refractivity contribution in [2.24, 2.45) is 23.2 Å².